The highest BCUT2D eigenvalue weighted by atomic mass is 19.4. The van der Waals surface area contributed by atoms with Crippen molar-refractivity contribution < 1.29 is 13.2 Å². The maximum absolute atomic E-state index is 15.5. The van der Waals surface area contributed by atoms with Crippen LogP contribution in [0.3, 0.4) is 0 Å². The summed E-state index contributed by atoms with van der Waals surface area (Å²) in [6, 6.07) is 70.3. The summed E-state index contributed by atoms with van der Waals surface area (Å²) in [6.07, 6.45) is -4.75. The van der Waals surface area contributed by atoms with Crippen LogP contribution in [0.5, 0.6) is 0 Å². The molecule has 0 aliphatic carbocycles. The van der Waals surface area contributed by atoms with Crippen LogP contribution in [0.4, 0.5) is 24.5 Å². The van der Waals surface area contributed by atoms with E-state index in [0.29, 0.717) is 84.4 Å². The molecule has 0 saturated carbocycles. The predicted molar refractivity (Wildman–Crippen MR) is 308 cm³/mol. The first kappa shape index (κ1) is 48.2. The van der Waals surface area contributed by atoms with E-state index in [1.807, 2.05) is 168 Å². The van der Waals surface area contributed by atoms with Crippen LogP contribution in [0.2, 0.25) is 0 Å². The zero-order valence-corrected chi connectivity index (χ0v) is 41.9. The lowest BCUT2D eigenvalue weighted by Crippen LogP contribution is -2.08. The summed E-state index contributed by atoms with van der Waals surface area (Å²) in [7, 11) is 0. The molecule has 12 heteroatoms. The normalized spacial score (nSPS) is 11.4. The Bertz CT molecular complexity index is 4820. The lowest BCUT2D eigenvalue weighted by molar-refractivity contribution is -0.137. The van der Waals surface area contributed by atoms with Gasteiger partial charge in [0, 0.05) is 60.6 Å². The van der Waals surface area contributed by atoms with E-state index < -0.39 is 11.7 Å². The number of benzene rings is 10. The Hall–Kier alpha value is -11.4. The molecule has 0 aliphatic rings. The molecule has 10 aromatic carbocycles. The smallest absolute Gasteiger partial charge is 0.309 e. The monoisotopic (exact) mass is 1040 g/mol. The lowest BCUT2D eigenvalue weighted by Gasteiger charge is -2.20. The Balaban J connectivity index is 1.11. The third-order valence-corrected chi connectivity index (χ3v) is 14.5. The minimum atomic E-state index is -4.75. The van der Waals surface area contributed by atoms with Crippen molar-refractivity contribution in [2.75, 3.05) is 0 Å². The van der Waals surface area contributed by atoms with Gasteiger partial charge in [-0.1, -0.05) is 127 Å². The van der Waals surface area contributed by atoms with E-state index in [9.17, 15) is 10.5 Å². The van der Waals surface area contributed by atoms with Gasteiger partial charge in [0.25, 0.3) is 0 Å². The highest BCUT2D eigenvalue weighted by molar-refractivity contribution is 6.13. The van der Waals surface area contributed by atoms with Crippen molar-refractivity contribution in [3.8, 4) is 91.1 Å². The quantitative estimate of drug-likeness (QED) is 0.141. The number of para-hydroxylation sites is 2. The van der Waals surface area contributed by atoms with E-state index in [0.717, 1.165) is 55.3 Å². The van der Waals surface area contributed by atoms with E-state index in [4.69, 9.17) is 28.1 Å². The molecule has 0 aliphatic heterocycles. The molecule has 13 rings (SSSR count). The van der Waals surface area contributed by atoms with E-state index in [-0.39, 0.29) is 11.4 Å². The van der Waals surface area contributed by atoms with Crippen molar-refractivity contribution in [2.24, 2.45) is 0 Å². The minimum absolute atomic E-state index is 0.233. The van der Waals surface area contributed by atoms with Crippen LogP contribution in [-0.2, 0) is 6.18 Å². The average Bonchev–Trinajstić information content (AvgIpc) is 4.04. The SMILES string of the molecule is [C-]#[N+]c1ccc(-c2ccc3c(c2)c2ccccc2n3-c2ccc(-c3nc(-c4ccccc4)nc(-c4ccccc4)n3)c(-c3cc(C(F)(F)F)ccc3-n3c4ccccc4c4cc(-c5ccc(C#N)cc5[N+]#[C-])ccc43)c2)c(C#N)c1. The molecule has 0 atom stereocenters. The molecule has 0 radical (unpaired) electrons. The Morgan fingerprint density at radius 2 is 0.975 bits per heavy atom. The fourth-order valence-electron chi connectivity index (χ4n) is 10.8. The third-order valence-electron chi connectivity index (χ3n) is 14.5. The van der Waals surface area contributed by atoms with Crippen LogP contribution in [-0.4, -0.2) is 24.1 Å². The lowest BCUT2D eigenvalue weighted by atomic mass is 9.94. The van der Waals surface area contributed by atoms with Crippen molar-refractivity contribution >= 4 is 55.0 Å². The van der Waals surface area contributed by atoms with Gasteiger partial charge in [-0.3, -0.25) is 0 Å². The Labute approximate surface area is 455 Å². The number of alkyl halides is 3. The number of nitriles is 2. The zero-order valence-electron chi connectivity index (χ0n) is 41.9. The fraction of sp³-hybridized carbons (Fsp3) is 0.0147. The van der Waals surface area contributed by atoms with Crippen LogP contribution in [0.25, 0.3) is 132 Å². The Morgan fingerprint density at radius 3 is 1.59 bits per heavy atom. The minimum Gasteiger partial charge on any atom is -0.309 e. The summed E-state index contributed by atoms with van der Waals surface area (Å²) < 4.78 is 50.5. The second-order valence-corrected chi connectivity index (χ2v) is 19.1. The summed E-state index contributed by atoms with van der Waals surface area (Å²) in [5.74, 6) is 0.978. The predicted octanol–water partition coefficient (Wildman–Crippen LogP) is 17.9. The maximum Gasteiger partial charge on any atom is 0.416 e. The average molecular weight is 1040 g/mol. The summed E-state index contributed by atoms with van der Waals surface area (Å²) >= 11 is 0. The summed E-state index contributed by atoms with van der Waals surface area (Å²) in [4.78, 5) is 22.5. The molecular weight excluding hydrogens is 1000 g/mol. The van der Waals surface area contributed by atoms with E-state index >= 15 is 13.2 Å². The topological polar surface area (TPSA) is 105 Å². The molecule has 0 amide bonds. The van der Waals surface area contributed by atoms with Gasteiger partial charge in [-0.2, -0.15) is 23.7 Å². The number of nitrogens with zero attached hydrogens (tertiary/aromatic N) is 9. The molecule has 0 fully saturated rings. The van der Waals surface area contributed by atoms with E-state index in [1.54, 1.807) is 36.4 Å². The van der Waals surface area contributed by atoms with Gasteiger partial charge in [0.1, 0.15) is 0 Å². The third kappa shape index (κ3) is 8.22. The number of hydrogen-bond acceptors (Lipinski definition) is 5. The summed E-state index contributed by atoms with van der Waals surface area (Å²) in [5.41, 5.74) is 10.0. The first-order valence-corrected chi connectivity index (χ1v) is 25.2. The molecule has 374 valence electrons. The summed E-state index contributed by atoms with van der Waals surface area (Å²) in [5, 5.41) is 23.2. The maximum atomic E-state index is 15.5. The number of aromatic nitrogens is 5. The Morgan fingerprint density at radius 1 is 0.412 bits per heavy atom. The van der Waals surface area contributed by atoms with Crippen LogP contribution >= 0.6 is 0 Å². The number of hydrogen-bond donors (Lipinski definition) is 0. The van der Waals surface area contributed by atoms with Crippen molar-refractivity contribution in [1.29, 1.82) is 10.5 Å². The van der Waals surface area contributed by atoms with Gasteiger partial charge >= 0.3 is 6.18 Å². The molecule has 0 spiro atoms. The highest BCUT2D eigenvalue weighted by Crippen LogP contribution is 2.46. The molecule has 13 aromatic rings. The van der Waals surface area contributed by atoms with E-state index in [2.05, 4.69) is 26.4 Å². The molecule has 3 aromatic heterocycles. The first-order chi connectivity index (χ1) is 39.1. The molecule has 80 heavy (non-hydrogen) atoms. The Kier molecular flexibility index (Phi) is 11.6. The van der Waals surface area contributed by atoms with Gasteiger partial charge in [-0.05, 0) is 119 Å². The highest BCUT2D eigenvalue weighted by Gasteiger charge is 2.33. The van der Waals surface area contributed by atoms with Crippen LogP contribution in [0.1, 0.15) is 16.7 Å². The van der Waals surface area contributed by atoms with Crippen molar-refractivity contribution in [1.82, 2.24) is 24.1 Å². The van der Waals surface area contributed by atoms with Crippen LogP contribution in [0.15, 0.2) is 218 Å². The van der Waals surface area contributed by atoms with Crippen molar-refractivity contribution in [2.45, 2.75) is 6.18 Å². The van der Waals surface area contributed by atoms with Crippen LogP contribution < -0.4 is 0 Å². The first-order valence-electron chi connectivity index (χ1n) is 25.2. The molecule has 0 saturated heterocycles. The second kappa shape index (κ2) is 19.3. The number of fused-ring (bicyclic) bond motifs is 6. The summed E-state index contributed by atoms with van der Waals surface area (Å²) in [6.45, 7) is 15.5. The largest absolute Gasteiger partial charge is 0.416 e. The van der Waals surface area contributed by atoms with Crippen molar-refractivity contribution in [3.05, 3.63) is 258 Å². The van der Waals surface area contributed by atoms with Gasteiger partial charge in [0.15, 0.2) is 28.8 Å². The van der Waals surface area contributed by atoms with Gasteiger partial charge in [0.2, 0.25) is 0 Å². The molecule has 0 bridgehead atoms. The molecular formula is C68H36F3N9. The molecule has 0 N–H and O–H groups in total. The number of rotatable bonds is 8. The number of halogens is 3. The van der Waals surface area contributed by atoms with Crippen LogP contribution in [0, 0.1) is 35.8 Å². The molecule has 9 nitrogen and oxygen atoms in total. The van der Waals surface area contributed by atoms with Gasteiger partial charge in [0.05, 0.1) is 58.6 Å². The van der Waals surface area contributed by atoms with Gasteiger partial charge in [-0.25, -0.2) is 24.6 Å². The molecule has 0 unspecified atom stereocenters. The van der Waals surface area contributed by atoms with Crippen molar-refractivity contribution in [3.63, 3.8) is 0 Å². The van der Waals surface area contributed by atoms with E-state index in [1.165, 1.54) is 12.1 Å². The fourth-order valence-corrected chi connectivity index (χ4v) is 10.8. The van der Waals surface area contributed by atoms with Gasteiger partial charge < -0.3 is 9.13 Å². The standard InChI is InChI=1S/C68H36F3N9/c1-74-48-25-28-50(46(34-48)40-73)44-22-30-62-56(35-44)52-17-9-11-19-60(52)79(62)49-26-29-54(67-77-65(42-13-5-3-6-14-42)76-66(78-67)43-15-7-4-8-16-43)55(38-49)58-37-47(68(69,70)71)24-32-64(58)80-61-20-12-10-18-53(61)57-36-45(23-31-63(57)80)51-27-21-41(39-72)33-59(51)75-2/h3-38H. The zero-order chi connectivity index (χ0) is 54.6. The molecule has 3 heterocycles. The second-order valence-electron chi connectivity index (χ2n) is 19.1. The van der Waals surface area contributed by atoms with Gasteiger partial charge in [-0.15, -0.1) is 0 Å².